The van der Waals surface area contributed by atoms with Crippen molar-refractivity contribution >= 4 is 17.6 Å². The van der Waals surface area contributed by atoms with Crippen molar-refractivity contribution in [1.29, 1.82) is 0 Å². The molecule has 0 radical (unpaired) electrons. The molecule has 0 spiro atoms. The van der Waals surface area contributed by atoms with Crippen molar-refractivity contribution in [2.45, 2.75) is 20.3 Å². The third kappa shape index (κ3) is 3.26. The Morgan fingerprint density at radius 1 is 1.13 bits per heavy atom. The van der Waals surface area contributed by atoms with Gasteiger partial charge in [0, 0.05) is 18.7 Å². The van der Waals surface area contributed by atoms with Gasteiger partial charge in [-0.3, -0.25) is 9.59 Å². The summed E-state index contributed by atoms with van der Waals surface area (Å²) in [6, 6.07) is 15.1. The minimum atomic E-state index is -0.428. The maximum atomic E-state index is 12.4. The van der Waals surface area contributed by atoms with Crippen LogP contribution in [0.2, 0.25) is 0 Å². The molecule has 4 nitrogen and oxygen atoms in total. The second-order valence-corrected chi connectivity index (χ2v) is 5.93. The van der Waals surface area contributed by atoms with Crippen LogP contribution < -0.4 is 9.64 Å². The average Bonchev–Trinajstić information content (AvgIpc) is 2.94. The van der Waals surface area contributed by atoms with Gasteiger partial charge < -0.3 is 9.64 Å². The Morgan fingerprint density at radius 2 is 1.87 bits per heavy atom. The molecule has 0 N–H and O–H groups in total. The molecule has 4 heteroatoms. The van der Waals surface area contributed by atoms with Gasteiger partial charge in [-0.15, -0.1) is 0 Å². The molecule has 0 aliphatic carbocycles. The Balaban J connectivity index is 1.72. The second kappa shape index (κ2) is 6.24. The van der Waals surface area contributed by atoms with E-state index in [-0.39, 0.29) is 18.3 Å². The van der Waals surface area contributed by atoms with Crippen LogP contribution in [0, 0.1) is 19.8 Å². The molecule has 2 aromatic carbocycles. The van der Waals surface area contributed by atoms with E-state index in [4.69, 9.17) is 4.74 Å². The lowest BCUT2D eigenvalue weighted by atomic mass is 10.1. The molecule has 0 bridgehead atoms. The van der Waals surface area contributed by atoms with E-state index in [1.165, 1.54) is 0 Å². The van der Waals surface area contributed by atoms with E-state index in [0.717, 1.165) is 16.8 Å². The first-order chi connectivity index (χ1) is 11.0. The lowest BCUT2D eigenvalue weighted by Gasteiger charge is -2.16. The highest BCUT2D eigenvalue weighted by Crippen LogP contribution is 2.27. The SMILES string of the molecule is Cc1ccc(C)c(OC(=O)[C@@H]2CC(=O)N(c3ccccc3)C2)c1. The van der Waals surface area contributed by atoms with E-state index < -0.39 is 5.92 Å². The number of hydrogen-bond donors (Lipinski definition) is 0. The van der Waals surface area contributed by atoms with Crippen LogP contribution in [0.25, 0.3) is 0 Å². The van der Waals surface area contributed by atoms with Gasteiger partial charge in [0.2, 0.25) is 5.91 Å². The Morgan fingerprint density at radius 3 is 2.61 bits per heavy atom. The standard InChI is InChI=1S/C19H19NO3/c1-13-8-9-14(2)17(10-13)23-19(22)15-11-18(21)20(12-15)16-6-4-3-5-7-16/h3-10,15H,11-12H2,1-2H3/t15-/m1/s1. The van der Waals surface area contributed by atoms with Crippen LogP contribution in [0.1, 0.15) is 17.5 Å². The minimum Gasteiger partial charge on any atom is -0.426 e. The molecule has 1 saturated heterocycles. The summed E-state index contributed by atoms with van der Waals surface area (Å²) in [6.07, 6.45) is 0.193. The van der Waals surface area contributed by atoms with Crippen molar-refractivity contribution < 1.29 is 14.3 Å². The van der Waals surface area contributed by atoms with Gasteiger partial charge in [-0.05, 0) is 43.2 Å². The predicted octanol–water partition coefficient (Wildman–Crippen LogP) is 3.26. The number of amides is 1. The molecule has 1 aliphatic rings. The lowest BCUT2D eigenvalue weighted by molar-refractivity contribution is -0.139. The fraction of sp³-hybridized carbons (Fsp3) is 0.263. The Hall–Kier alpha value is -2.62. The van der Waals surface area contributed by atoms with Gasteiger partial charge in [-0.2, -0.15) is 0 Å². The number of hydrogen-bond acceptors (Lipinski definition) is 3. The highest BCUT2D eigenvalue weighted by molar-refractivity contribution is 5.99. The van der Waals surface area contributed by atoms with E-state index in [1.807, 2.05) is 62.4 Å². The zero-order valence-corrected chi connectivity index (χ0v) is 13.3. The van der Waals surface area contributed by atoms with Gasteiger partial charge >= 0.3 is 5.97 Å². The van der Waals surface area contributed by atoms with Gasteiger partial charge in [0.05, 0.1) is 5.92 Å². The van der Waals surface area contributed by atoms with Crippen molar-refractivity contribution in [1.82, 2.24) is 0 Å². The van der Waals surface area contributed by atoms with Gasteiger partial charge in [0.1, 0.15) is 5.75 Å². The molecule has 0 aromatic heterocycles. The van der Waals surface area contributed by atoms with Crippen LogP contribution >= 0.6 is 0 Å². The smallest absolute Gasteiger partial charge is 0.316 e. The summed E-state index contributed by atoms with van der Waals surface area (Å²) in [5, 5.41) is 0. The second-order valence-electron chi connectivity index (χ2n) is 5.93. The first-order valence-electron chi connectivity index (χ1n) is 7.69. The van der Waals surface area contributed by atoms with Crippen LogP contribution in [-0.4, -0.2) is 18.4 Å². The third-order valence-electron chi connectivity index (χ3n) is 4.08. The molecule has 1 fully saturated rings. The average molecular weight is 309 g/mol. The van der Waals surface area contributed by atoms with Gasteiger partial charge in [-0.25, -0.2) is 0 Å². The van der Waals surface area contributed by atoms with Crippen molar-refractivity contribution in [3.8, 4) is 5.75 Å². The van der Waals surface area contributed by atoms with Gasteiger partial charge in [0.25, 0.3) is 0 Å². The molecule has 1 aliphatic heterocycles. The largest absolute Gasteiger partial charge is 0.426 e. The number of para-hydroxylation sites is 1. The molecular formula is C19H19NO3. The monoisotopic (exact) mass is 309 g/mol. The summed E-state index contributed by atoms with van der Waals surface area (Å²) in [6.45, 7) is 4.22. The van der Waals surface area contributed by atoms with E-state index in [1.54, 1.807) is 4.90 Å². The molecule has 1 heterocycles. The Kier molecular flexibility index (Phi) is 4.15. The van der Waals surface area contributed by atoms with Crippen molar-refractivity contribution in [3.05, 3.63) is 59.7 Å². The maximum absolute atomic E-state index is 12.4. The molecule has 118 valence electrons. The summed E-state index contributed by atoms with van der Waals surface area (Å²) in [7, 11) is 0. The summed E-state index contributed by atoms with van der Waals surface area (Å²) in [4.78, 5) is 26.2. The molecule has 0 unspecified atom stereocenters. The number of rotatable bonds is 3. The molecule has 2 aromatic rings. The van der Waals surface area contributed by atoms with Gasteiger partial charge in [0.15, 0.2) is 0 Å². The van der Waals surface area contributed by atoms with E-state index in [0.29, 0.717) is 12.3 Å². The Labute approximate surface area is 135 Å². The molecule has 23 heavy (non-hydrogen) atoms. The van der Waals surface area contributed by atoms with E-state index in [2.05, 4.69) is 0 Å². The highest BCUT2D eigenvalue weighted by atomic mass is 16.5. The van der Waals surface area contributed by atoms with Crippen LogP contribution in [0.3, 0.4) is 0 Å². The quantitative estimate of drug-likeness (QED) is 0.646. The number of anilines is 1. The first kappa shape index (κ1) is 15.3. The third-order valence-corrected chi connectivity index (χ3v) is 4.08. The zero-order valence-electron chi connectivity index (χ0n) is 13.3. The number of carbonyl (C=O) groups excluding carboxylic acids is 2. The van der Waals surface area contributed by atoms with Gasteiger partial charge in [-0.1, -0.05) is 30.3 Å². The lowest BCUT2D eigenvalue weighted by Crippen LogP contribution is -2.27. The molecule has 1 atom stereocenters. The van der Waals surface area contributed by atoms with E-state index in [9.17, 15) is 9.59 Å². The minimum absolute atomic E-state index is 0.0425. The zero-order chi connectivity index (χ0) is 16.4. The van der Waals surface area contributed by atoms with E-state index >= 15 is 0 Å². The van der Waals surface area contributed by atoms with Crippen molar-refractivity contribution in [2.75, 3.05) is 11.4 Å². The number of aryl methyl sites for hydroxylation is 2. The number of nitrogens with zero attached hydrogens (tertiary/aromatic N) is 1. The highest BCUT2D eigenvalue weighted by Gasteiger charge is 2.36. The van der Waals surface area contributed by atoms with Crippen molar-refractivity contribution in [2.24, 2.45) is 5.92 Å². The maximum Gasteiger partial charge on any atom is 0.316 e. The summed E-state index contributed by atoms with van der Waals surface area (Å²) in [5.41, 5.74) is 2.76. The summed E-state index contributed by atoms with van der Waals surface area (Å²) < 4.78 is 5.52. The number of ether oxygens (including phenoxy) is 1. The number of carbonyl (C=O) groups is 2. The van der Waals surface area contributed by atoms with Crippen molar-refractivity contribution in [3.63, 3.8) is 0 Å². The van der Waals surface area contributed by atoms with Crippen LogP contribution in [0.4, 0.5) is 5.69 Å². The normalized spacial score (nSPS) is 17.4. The molecule has 3 rings (SSSR count). The Bertz CT molecular complexity index is 740. The van der Waals surface area contributed by atoms with Crippen LogP contribution in [-0.2, 0) is 9.59 Å². The summed E-state index contributed by atoms with van der Waals surface area (Å²) >= 11 is 0. The number of esters is 1. The number of benzene rings is 2. The molecule has 1 amide bonds. The molecule has 0 saturated carbocycles. The summed E-state index contributed by atoms with van der Waals surface area (Å²) in [5.74, 6) is -0.243. The topological polar surface area (TPSA) is 46.6 Å². The van der Waals surface area contributed by atoms with Crippen LogP contribution in [0.15, 0.2) is 48.5 Å². The fourth-order valence-corrected chi connectivity index (χ4v) is 2.73. The fourth-order valence-electron chi connectivity index (χ4n) is 2.73. The predicted molar refractivity (Wildman–Crippen MR) is 88.5 cm³/mol. The van der Waals surface area contributed by atoms with Crippen LogP contribution in [0.5, 0.6) is 5.75 Å². The first-order valence-corrected chi connectivity index (χ1v) is 7.69. The molecular weight excluding hydrogens is 290 g/mol.